The van der Waals surface area contributed by atoms with E-state index in [0.29, 0.717) is 63.1 Å². The number of hydrogen-bond acceptors (Lipinski definition) is 6. The van der Waals surface area contributed by atoms with Gasteiger partial charge in [0.1, 0.15) is 6.04 Å². The molecule has 3 atom stereocenters. The molecule has 3 aliphatic heterocycles. The molecule has 0 bridgehead atoms. The molecular formula is C34H46ClN5O4S. The molecule has 3 unspecified atom stereocenters. The zero-order chi connectivity index (χ0) is 31.4. The molecule has 0 radical (unpaired) electrons. The van der Waals surface area contributed by atoms with Gasteiger partial charge in [-0.1, -0.05) is 67.3 Å². The molecule has 2 aromatic rings. The summed E-state index contributed by atoms with van der Waals surface area (Å²) in [5.74, 6) is 0.493. The Kier molecular flexibility index (Phi) is 10.5. The first-order chi connectivity index (χ1) is 21.8. The minimum atomic E-state index is -3.18. The van der Waals surface area contributed by atoms with E-state index in [4.69, 9.17) is 11.6 Å². The maximum absolute atomic E-state index is 14.0. The molecule has 244 valence electrons. The summed E-state index contributed by atoms with van der Waals surface area (Å²) in [7, 11) is -3.18. The Morgan fingerprint density at radius 3 is 2.38 bits per heavy atom. The van der Waals surface area contributed by atoms with Crippen LogP contribution < -0.4 is 10.6 Å². The minimum Gasteiger partial charge on any atom is -0.344 e. The lowest BCUT2D eigenvalue weighted by molar-refractivity contribution is -0.138. The third-order valence-electron chi connectivity index (χ3n) is 10.2. The van der Waals surface area contributed by atoms with Crippen molar-refractivity contribution in [1.82, 2.24) is 24.7 Å². The van der Waals surface area contributed by atoms with Gasteiger partial charge in [-0.3, -0.25) is 14.5 Å². The fraction of sp³-hybridized carbons (Fsp3) is 0.588. The Hall–Kier alpha value is -2.50. The summed E-state index contributed by atoms with van der Waals surface area (Å²) in [4.78, 5) is 31.7. The number of sulfonamides is 1. The molecule has 2 amide bonds. The van der Waals surface area contributed by atoms with Crippen molar-refractivity contribution in [3.63, 3.8) is 0 Å². The van der Waals surface area contributed by atoms with Crippen molar-refractivity contribution >= 4 is 33.4 Å². The second-order valence-electron chi connectivity index (χ2n) is 13.1. The molecule has 11 heteroatoms. The van der Waals surface area contributed by atoms with E-state index in [9.17, 15) is 18.0 Å². The topological polar surface area (TPSA) is 102 Å². The van der Waals surface area contributed by atoms with Gasteiger partial charge < -0.3 is 15.5 Å². The predicted molar refractivity (Wildman–Crippen MR) is 176 cm³/mol. The predicted octanol–water partition coefficient (Wildman–Crippen LogP) is 3.73. The highest BCUT2D eigenvalue weighted by atomic mass is 35.5. The zero-order valence-electron chi connectivity index (χ0n) is 26.0. The van der Waals surface area contributed by atoms with Crippen LogP contribution in [-0.2, 0) is 32.6 Å². The molecule has 2 saturated heterocycles. The van der Waals surface area contributed by atoms with Crippen molar-refractivity contribution in [2.45, 2.75) is 76.0 Å². The second kappa shape index (κ2) is 14.5. The molecule has 3 heterocycles. The molecule has 4 aliphatic rings. The van der Waals surface area contributed by atoms with Gasteiger partial charge in [0.15, 0.2) is 0 Å². The molecule has 9 nitrogen and oxygen atoms in total. The Morgan fingerprint density at radius 1 is 0.933 bits per heavy atom. The van der Waals surface area contributed by atoms with E-state index in [-0.39, 0.29) is 36.1 Å². The molecule has 6 rings (SSSR count). The van der Waals surface area contributed by atoms with Gasteiger partial charge in [-0.05, 0) is 54.0 Å². The number of nitrogens with zero attached hydrogens (tertiary/aromatic N) is 3. The van der Waals surface area contributed by atoms with Gasteiger partial charge >= 0.3 is 0 Å². The largest absolute Gasteiger partial charge is 0.344 e. The molecule has 2 N–H and O–H groups in total. The highest BCUT2D eigenvalue weighted by Crippen LogP contribution is 2.32. The molecular weight excluding hydrogens is 610 g/mol. The summed E-state index contributed by atoms with van der Waals surface area (Å²) in [6.07, 6.45) is 7.25. The van der Waals surface area contributed by atoms with Crippen molar-refractivity contribution in [2.75, 3.05) is 45.0 Å². The maximum Gasteiger partial charge on any atom is 0.245 e. The quantitative estimate of drug-likeness (QED) is 0.405. The number of nitrogens with one attached hydrogen (secondary N) is 2. The SMILES string of the molecule is O=C(CC1NCc2ccccc21)NC(Cc1ccc(Cl)cc1)C(=O)N1CCN(C(CN2CCCS2(=O)=O)C2CCCCC2)CC1. The molecule has 45 heavy (non-hydrogen) atoms. The van der Waals surface area contributed by atoms with Crippen LogP contribution in [0.3, 0.4) is 0 Å². The third-order valence-corrected chi connectivity index (χ3v) is 12.4. The number of amides is 2. The fourth-order valence-electron chi connectivity index (χ4n) is 7.74. The van der Waals surface area contributed by atoms with Crippen molar-refractivity contribution in [2.24, 2.45) is 5.92 Å². The summed E-state index contributed by atoms with van der Waals surface area (Å²) in [5.41, 5.74) is 3.28. The van der Waals surface area contributed by atoms with Crippen LogP contribution in [0.15, 0.2) is 48.5 Å². The summed E-state index contributed by atoms with van der Waals surface area (Å²) >= 11 is 6.12. The van der Waals surface area contributed by atoms with E-state index in [1.807, 2.05) is 41.3 Å². The van der Waals surface area contributed by atoms with Crippen LogP contribution in [0.2, 0.25) is 5.02 Å². The highest BCUT2D eigenvalue weighted by Gasteiger charge is 2.38. The lowest BCUT2D eigenvalue weighted by atomic mass is 9.83. The van der Waals surface area contributed by atoms with Gasteiger partial charge in [0.05, 0.1) is 5.75 Å². The van der Waals surface area contributed by atoms with Crippen LogP contribution in [0.5, 0.6) is 0 Å². The van der Waals surface area contributed by atoms with Gasteiger partial charge in [0.2, 0.25) is 21.8 Å². The lowest BCUT2D eigenvalue weighted by Crippen LogP contribution is -2.59. The number of hydrogen-bond donors (Lipinski definition) is 2. The standard InChI is InChI=1S/C34H46ClN5O4S/c35-28-13-11-25(12-14-28)21-31(37-33(41)22-30-29-10-5-4-9-27(29)23-36-30)34(42)39-18-16-38(17-19-39)32(26-7-2-1-3-8-26)24-40-15-6-20-45(40,43)44/h4-5,9-14,26,30-32,36H,1-3,6-8,15-24H2,(H,37,41). The van der Waals surface area contributed by atoms with Crippen LogP contribution in [0.25, 0.3) is 0 Å². The first-order valence-electron chi connectivity index (χ1n) is 16.6. The molecule has 0 spiro atoms. The first-order valence-corrected chi connectivity index (χ1v) is 18.6. The normalized spacial score (nSPS) is 23.8. The van der Waals surface area contributed by atoms with Gasteiger partial charge in [-0.2, -0.15) is 0 Å². The van der Waals surface area contributed by atoms with Crippen molar-refractivity contribution < 1.29 is 18.0 Å². The molecule has 1 saturated carbocycles. The van der Waals surface area contributed by atoms with E-state index in [0.717, 1.165) is 30.5 Å². The number of carbonyl (C=O) groups is 2. The van der Waals surface area contributed by atoms with Crippen LogP contribution in [0, 0.1) is 5.92 Å². The van der Waals surface area contributed by atoms with Gasteiger partial charge in [-0.15, -0.1) is 0 Å². The number of piperazine rings is 1. The minimum absolute atomic E-state index is 0.0749. The first kappa shape index (κ1) is 32.4. The van der Waals surface area contributed by atoms with Crippen LogP contribution >= 0.6 is 11.6 Å². The zero-order valence-corrected chi connectivity index (χ0v) is 27.6. The molecule has 2 aromatic carbocycles. The molecule has 1 aliphatic carbocycles. The van der Waals surface area contributed by atoms with Gasteiger partial charge in [-0.25, -0.2) is 12.7 Å². The summed E-state index contributed by atoms with van der Waals surface area (Å²) in [6.45, 7) is 4.40. The average Bonchev–Trinajstić information content (AvgIpc) is 3.62. The van der Waals surface area contributed by atoms with Crippen LogP contribution in [-0.4, -0.2) is 91.4 Å². The number of rotatable bonds is 10. The monoisotopic (exact) mass is 655 g/mol. The number of fused-ring (bicyclic) bond motifs is 1. The maximum atomic E-state index is 14.0. The van der Waals surface area contributed by atoms with Crippen molar-refractivity contribution in [1.29, 1.82) is 0 Å². The van der Waals surface area contributed by atoms with E-state index >= 15 is 0 Å². The second-order valence-corrected chi connectivity index (χ2v) is 15.7. The summed E-state index contributed by atoms with van der Waals surface area (Å²) < 4.78 is 27.1. The summed E-state index contributed by atoms with van der Waals surface area (Å²) in [5, 5.41) is 7.14. The third kappa shape index (κ3) is 7.91. The fourth-order valence-corrected chi connectivity index (χ4v) is 9.40. The van der Waals surface area contributed by atoms with E-state index in [1.54, 1.807) is 4.31 Å². The van der Waals surface area contributed by atoms with Crippen LogP contribution in [0.1, 0.15) is 67.7 Å². The average molecular weight is 656 g/mol. The lowest BCUT2D eigenvalue weighted by Gasteiger charge is -2.44. The van der Waals surface area contributed by atoms with E-state index < -0.39 is 16.1 Å². The highest BCUT2D eigenvalue weighted by molar-refractivity contribution is 7.89. The van der Waals surface area contributed by atoms with E-state index in [2.05, 4.69) is 27.7 Å². The van der Waals surface area contributed by atoms with Crippen molar-refractivity contribution in [3.05, 3.63) is 70.2 Å². The van der Waals surface area contributed by atoms with Gasteiger partial charge in [0, 0.05) is 75.8 Å². The van der Waals surface area contributed by atoms with Crippen molar-refractivity contribution in [3.8, 4) is 0 Å². The Bertz CT molecular complexity index is 1440. The van der Waals surface area contributed by atoms with Crippen LogP contribution in [0.4, 0.5) is 0 Å². The molecule has 0 aromatic heterocycles. The smallest absolute Gasteiger partial charge is 0.245 e. The van der Waals surface area contributed by atoms with E-state index in [1.165, 1.54) is 24.8 Å². The number of benzene rings is 2. The number of carbonyl (C=O) groups excluding carboxylic acids is 2. The van der Waals surface area contributed by atoms with Gasteiger partial charge in [0.25, 0.3) is 0 Å². The Morgan fingerprint density at radius 2 is 1.67 bits per heavy atom. The Labute approximate surface area is 272 Å². The Balaban J connectivity index is 1.12. The summed E-state index contributed by atoms with van der Waals surface area (Å²) in [6, 6.07) is 15.0. The number of halogens is 1. The molecule has 3 fully saturated rings.